The number of aromatic nitrogens is 2. The molecule has 0 aromatic carbocycles. The quantitative estimate of drug-likeness (QED) is 0.742. The minimum Gasteiger partial charge on any atom is -0.392 e. The fourth-order valence-electron chi connectivity index (χ4n) is 2.90. The summed E-state index contributed by atoms with van der Waals surface area (Å²) < 4.78 is 27.2. The second-order valence-electron chi connectivity index (χ2n) is 5.51. The van der Waals surface area contributed by atoms with E-state index in [1.54, 1.807) is 0 Å². The molecule has 114 valence electrons. The number of nitrogens with zero attached hydrogens (tertiary/aromatic N) is 1. The van der Waals surface area contributed by atoms with Gasteiger partial charge in [0.1, 0.15) is 0 Å². The largest absolute Gasteiger partial charge is 0.392 e. The normalized spacial score (nSPS) is 23.9. The number of nitrogens with one attached hydrogen (secondary N) is 2. The number of hydrogen-bond acceptors (Lipinski definition) is 4. The van der Waals surface area contributed by atoms with Crippen LogP contribution in [0.3, 0.4) is 0 Å². The number of aliphatic hydroxyl groups is 1. The Morgan fingerprint density at radius 1 is 1.40 bits per heavy atom. The SMILES string of the molecule is CCCC1CCC(NS(=O)(=O)c2[nH]ncc2CO)CC1. The van der Waals surface area contributed by atoms with Crippen molar-refractivity contribution in [2.45, 2.75) is 63.1 Å². The Balaban J connectivity index is 1.97. The van der Waals surface area contributed by atoms with Gasteiger partial charge in [0.05, 0.1) is 12.8 Å². The third kappa shape index (κ3) is 3.59. The Bertz CT molecular complexity index is 519. The lowest BCUT2D eigenvalue weighted by Crippen LogP contribution is -2.38. The molecule has 3 N–H and O–H groups in total. The maximum absolute atomic E-state index is 12.3. The molecule has 0 bridgehead atoms. The molecule has 1 heterocycles. The van der Waals surface area contributed by atoms with Crippen LogP contribution in [0.1, 0.15) is 51.0 Å². The lowest BCUT2D eigenvalue weighted by molar-refractivity contribution is 0.278. The molecular weight excluding hydrogens is 278 g/mol. The zero-order valence-corrected chi connectivity index (χ0v) is 12.6. The molecule has 7 heteroatoms. The van der Waals surface area contributed by atoms with Crippen LogP contribution in [0, 0.1) is 5.92 Å². The van der Waals surface area contributed by atoms with Crippen LogP contribution in [-0.4, -0.2) is 29.8 Å². The van der Waals surface area contributed by atoms with Crippen molar-refractivity contribution in [2.24, 2.45) is 5.92 Å². The van der Waals surface area contributed by atoms with Crippen LogP contribution in [-0.2, 0) is 16.6 Å². The monoisotopic (exact) mass is 301 g/mol. The number of aromatic amines is 1. The van der Waals surface area contributed by atoms with Crippen molar-refractivity contribution in [3.63, 3.8) is 0 Å². The van der Waals surface area contributed by atoms with Gasteiger partial charge in [0, 0.05) is 11.6 Å². The van der Waals surface area contributed by atoms with E-state index in [0.717, 1.165) is 31.6 Å². The summed E-state index contributed by atoms with van der Waals surface area (Å²) in [5.41, 5.74) is 0.303. The van der Waals surface area contributed by atoms with Gasteiger partial charge in [-0.05, 0) is 31.6 Å². The van der Waals surface area contributed by atoms with Crippen LogP contribution in [0.2, 0.25) is 0 Å². The van der Waals surface area contributed by atoms with E-state index in [1.165, 1.54) is 19.0 Å². The van der Waals surface area contributed by atoms with Crippen LogP contribution in [0.4, 0.5) is 0 Å². The van der Waals surface area contributed by atoms with Crippen LogP contribution >= 0.6 is 0 Å². The van der Waals surface area contributed by atoms with Crippen molar-refractivity contribution in [1.82, 2.24) is 14.9 Å². The smallest absolute Gasteiger partial charge is 0.258 e. The molecule has 0 amide bonds. The third-order valence-corrected chi connectivity index (χ3v) is 5.52. The molecule has 1 fully saturated rings. The second-order valence-corrected chi connectivity index (χ2v) is 7.16. The predicted octanol–water partition coefficient (Wildman–Crippen LogP) is 1.54. The molecule has 20 heavy (non-hydrogen) atoms. The van der Waals surface area contributed by atoms with Gasteiger partial charge in [0.2, 0.25) is 0 Å². The average Bonchev–Trinajstić information content (AvgIpc) is 2.90. The van der Waals surface area contributed by atoms with E-state index in [1.807, 2.05) is 0 Å². The molecular formula is C13H23N3O3S. The summed E-state index contributed by atoms with van der Waals surface area (Å²) in [7, 11) is -3.62. The maximum atomic E-state index is 12.3. The van der Waals surface area contributed by atoms with Crippen molar-refractivity contribution < 1.29 is 13.5 Å². The Morgan fingerprint density at radius 3 is 2.70 bits per heavy atom. The van der Waals surface area contributed by atoms with E-state index in [0.29, 0.717) is 5.56 Å². The molecule has 6 nitrogen and oxygen atoms in total. The third-order valence-electron chi connectivity index (χ3n) is 3.98. The maximum Gasteiger partial charge on any atom is 0.258 e. The average molecular weight is 301 g/mol. The van der Waals surface area contributed by atoms with Gasteiger partial charge in [0.25, 0.3) is 10.0 Å². The number of H-pyrrole nitrogens is 1. The molecule has 0 radical (unpaired) electrons. The van der Waals surface area contributed by atoms with Crippen LogP contribution in [0.5, 0.6) is 0 Å². The standard InChI is InChI=1S/C13H23N3O3S/c1-2-3-10-4-6-12(7-5-10)16-20(18,19)13-11(9-17)8-14-15-13/h8,10,12,16-17H,2-7,9H2,1H3,(H,14,15). The summed E-state index contributed by atoms with van der Waals surface area (Å²) in [5.74, 6) is 0.737. The molecule has 0 atom stereocenters. The van der Waals surface area contributed by atoms with E-state index in [2.05, 4.69) is 21.8 Å². The van der Waals surface area contributed by atoms with E-state index >= 15 is 0 Å². The number of sulfonamides is 1. The summed E-state index contributed by atoms with van der Waals surface area (Å²) in [6.45, 7) is 1.85. The first-order valence-corrected chi connectivity index (χ1v) is 8.70. The van der Waals surface area contributed by atoms with Crippen molar-refractivity contribution in [3.8, 4) is 0 Å². The minimum absolute atomic E-state index is 0.0112. The van der Waals surface area contributed by atoms with Crippen LogP contribution in [0.25, 0.3) is 0 Å². The highest BCUT2D eigenvalue weighted by Crippen LogP contribution is 2.28. The summed E-state index contributed by atoms with van der Waals surface area (Å²) in [6, 6.07) is -0.0112. The van der Waals surface area contributed by atoms with Crippen molar-refractivity contribution in [3.05, 3.63) is 11.8 Å². The predicted molar refractivity (Wildman–Crippen MR) is 75.5 cm³/mol. The van der Waals surface area contributed by atoms with E-state index in [9.17, 15) is 8.42 Å². The number of rotatable bonds is 6. The Morgan fingerprint density at radius 2 is 2.10 bits per heavy atom. The molecule has 0 saturated heterocycles. The molecule has 1 aliphatic rings. The zero-order chi connectivity index (χ0) is 14.6. The second kappa shape index (κ2) is 6.69. The Hall–Kier alpha value is -0.920. The molecule has 2 rings (SSSR count). The molecule has 1 aliphatic carbocycles. The van der Waals surface area contributed by atoms with Crippen molar-refractivity contribution in [2.75, 3.05) is 0 Å². The lowest BCUT2D eigenvalue weighted by atomic mass is 9.84. The van der Waals surface area contributed by atoms with Gasteiger partial charge >= 0.3 is 0 Å². The first-order valence-electron chi connectivity index (χ1n) is 7.22. The van der Waals surface area contributed by atoms with E-state index in [4.69, 9.17) is 5.11 Å². The summed E-state index contributed by atoms with van der Waals surface area (Å²) in [4.78, 5) is 0. The van der Waals surface area contributed by atoms with Crippen molar-refractivity contribution in [1.29, 1.82) is 0 Å². The molecule has 0 unspecified atom stereocenters. The summed E-state index contributed by atoms with van der Waals surface area (Å²) >= 11 is 0. The molecule has 0 spiro atoms. The van der Waals surface area contributed by atoms with Gasteiger partial charge in [-0.15, -0.1) is 0 Å². The van der Waals surface area contributed by atoms with Gasteiger partial charge in [-0.3, -0.25) is 5.10 Å². The molecule has 1 aromatic heterocycles. The van der Waals surface area contributed by atoms with Crippen LogP contribution in [0.15, 0.2) is 11.2 Å². The van der Waals surface area contributed by atoms with Gasteiger partial charge in [-0.1, -0.05) is 19.8 Å². The van der Waals surface area contributed by atoms with E-state index in [-0.39, 0.29) is 17.7 Å². The molecule has 1 aromatic rings. The van der Waals surface area contributed by atoms with Crippen LogP contribution < -0.4 is 4.72 Å². The highest BCUT2D eigenvalue weighted by molar-refractivity contribution is 7.89. The minimum atomic E-state index is -3.62. The molecule has 1 saturated carbocycles. The van der Waals surface area contributed by atoms with E-state index < -0.39 is 10.0 Å². The molecule has 0 aliphatic heterocycles. The lowest BCUT2D eigenvalue weighted by Gasteiger charge is -2.28. The fourth-order valence-corrected chi connectivity index (χ4v) is 4.33. The van der Waals surface area contributed by atoms with Gasteiger partial charge in [-0.2, -0.15) is 5.10 Å². The first-order chi connectivity index (χ1) is 9.56. The topological polar surface area (TPSA) is 95.1 Å². The summed E-state index contributed by atoms with van der Waals surface area (Å²) in [6.07, 6.45) is 7.68. The first kappa shape index (κ1) is 15.5. The summed E-state index contributed by atoms with van der Waals surface area (Å²) in [5, 5.41) is 15.2. The van der Waals surface area contributed by atoms with Gasteiger partial charge in [-0.25, -0.2) is 13.1 Å². The highest BCUT2D eigenvalue weighted by Gasteiger charge is 2.27. The zero-order valence-electron chi connectivity index (χ0n) is 11.8. The highest BCUT2D eigenvalue weighted by atomic mass is 32.2. The Kier molecular flexibility index (Phi) is 5.17. The van der Waals surface area contributed by atoms with Crippen molar-refractivity contribution >= 4 is 10.0 Å². The van der Waals surface area contributed by atoms with Gasteiger partial charge < -0.3 is 5.11 Å². The number of aliphatic hydroxyl groups excluding tert-OH is 1. The fraction of sp³-hybridized carbons (Fsp3) is 0.769. The Labute approximate surface area is 120 Å². The number of hydrogen-bond donors (Lipinski definition) is 3. The van der Waals surface area contributed by atoms with Gasteiger partial charge in [0.15, 0.2) is 5.03 Å².